The van der Waals surface area contributed by atoms with E-state index in [4.69, 9.17) is 0 Å². The number of thiazole rings is 1. The summed E-state index contributed by atoms with van der Waals surface area (Å²) in [6.07, 6.45) is 6.36. The summed E-state index contributed by atoms with van der Waals surface area (Å²) in [5.41, 5.74) is 0.105. The van der Waals surface area contributed by atoms with Gasteiger partial charge in [-0.15, -0.1) is 11.3 Å². The van der Waals surface area contributed by atoms with Crippen molar-refractivity contribution in [1.82, 2.24) is 4.98 Å². The number of hydrogen-bond acceptors (Lipinski definition) is 5. The van der Waals surface area contributed by atoms with Crippen LogP contribution in [0, 0.1) is 16.7 Å². The molecule has 0 unspecified atom stereocenters. The van der Waals surface area contributed by atoms with Crippen LogP contribution in [-0.2, 0) is 10.2 Å². The van der Waals surface area contributed by atoms with E-state index in [0.717, 1.165) is 30.7 Å². The third-order valence-electron chi connectivity index (χ3n) is 4.44. The summed E-state index contributed by atoms with van der Waals surface area (Å²) in [6, 6.07) is 2.47. The van der Waals surface area contributed by atoms with Gasteiger partial charge in [-0.05, 0) is 31.1 Å². The fourth-order valence-corrected chi connectivity index (χ4v) is 4.68. The third kappa shape index (κ3) is 2.82. The highest BCUT2D eigenvalue weighted by Gasteiger charge is 2.56. The van der Waals surface area contributed by atoms with Crippen molar-refractivity contribution in [2.75, 3.05) is 7.11 Å². The van der Waals surface area contributed by atoms with Gasteiger partial charge in [0.2, 0.25) is 0 Å². The standard InChI is InChI=1S/C16H22N2O2S/c1-4-6-15(7-5-2)9-16(10-15,11-17)14-18-12(8-21-14)13(19)20-3/h8H,4-7,9-10H2,1-3H3. The van der Waals surface area contributed by atoms with Crippen molar-refractivity contribution in [3.05, 3.63) is 16.1 Å². The number of carbonyl (C=O) groups is 1. The zero-order valence-corrected chi connectivity index (χ0v) is 13.8. The highest BCUT2D eigenvalue weighted by molar-refractivity contribution is 7.10. The zero-order valence-electron chi connectivity index (χ0n) is 12.9. The SMILES string of the molecule is CCCC1(CCC)CC(C#N)(c2nc(C(=O)OC)cs2)C1. The third-order valence-corrected chi connectivity index (χ3v) is 5.48. The molecule has 1 aliphatic rings. The summed E-state index contributed by atoms with van der Waals surface area (Å²) in [7, 11) is 1.35. The Morgan fingerprint density at radius 1 is 1.43 bits per heavy atom. The first-order valence-electron chi connectivity index (χ1n) is 7.50. The normalized spacial score (nSPS) is 18.6. The van der Waals surface area contributed by atoms with Gasteiger partial charge in [0.25, 0.3) is 0 Å². The molecule has 0 aliphatic heterocycles. The van der Waals surface area contributed by atoms with Crippen molar-refractivity contribution < 1.29 is 9.53 Å². The number of ether oxygens (including phenoxy) is 1. The molecule has 4 nitrogen and oxygen atoms in total. The molecule has 0 spiro atoms. The van der Waals surface area contributed by atoms with Gasteiger partial charge >= 0.3 is 5.97 Å². The average molecular weight is 306 g/mol. The van der Waals surface area contributed by atoms with Gasteiger partial charge in [0.1, 0.15) is 10.4 Å². The van der Waals surface area contributed by atoms with Gasteiger partial charge in [-0.25, -0.2) is 9.78 Å². The van der Waals surface area contributed by atoms with Crippen molar-refractivity contribution in [3.63, 3.8) is 0 Å². The van der Waals surface area contributed by atoms with Crippen molar-refractivity contribution in [1.29, 1.82) is 5.26 Å². The van der Waals surface area contributed by atoms with E-state index in [0.29, 0.717) is 5.69 Å². The lowest BCUT2D eigenvalue weighted by atomic mass is 9.50. The van der Waals surface area contributed by atoms with Crippen LogP contribution in [-0.4, -0.2) is 18.1 Å². The van der Waals surface area contributed by atoms with E-state index >= 15 is 0 Å². The lowest BCUT2D eigenvalue weighted by molar-refractivity contribution is 0.0354. The Kier molecular flexibility index (Phi) is 4.67. The first-order chi connectivity index (χ1) is 10.0. The quantitative estimate of drug-likeness (QED) is 0.743. The molecule has 0 atom stereocenters. The molecule has 1 saturated carbocycles. The lowest BCUT2D eigenvalue weighted by Gasteiger charge is -2.52. The molecular formula is C16H22N2O2S. The predicted octanol–water partition coefficient (Wildman–Crippen LogP) is 4.07. The molecule has 1 heterocycles. The number of rotatable bonds is 6. The van der Waals surface area contributed by atoms with E-state index in [1.165, 1.54) is 31.3 Å². The average Bonchev–Trinajstić information content (AvgIpc) is 2.93. The van der Waals surface area contributed by atoms with E-state index in [9.17, 15) is 10.1 Å². The van der Waals surface area contributed by atoms with Crippen LogP contribution >= 0.6 is 11.3 Å². The highest BCUT2D eigenvalue weighted by Crippen LogP contribution is 2.60. The van der Waals surface area contributed by atoms with Crippen molar-refractivity contribution >= 4 is 17.3 Å². The molecule has 0 saturated heterocycles. The minimum atomic E-state index is -0.499. The van der Waals surface area contributed by atoms with Crippen LogP contribution in [0.5, 0.6) is 0 Å². The molecule has 5 heteroatoms. The summed E-state index contributed by atoms with van der Waals surface area (Å²) in [4.78, 5) is 15.9. The van der Waals surface area contributed by atoms with Crippen LogP contribution in [0.4, 0.5) is 0 Å². The maximum absolute atomic E-state index is 11.5. The molecule has 2 rings (SSSR count). The fourth-order valence-electron chi connectivity index (χ4n) is 3.74. The Balaban J connectivity index is 2.20. The first kappa shape index (κ1) is 16.0. The maximum Gasteiger partial charge on any atom is 0.357 e. The van der Waals surface area contributed by atoms with Gasteiger partial charge in [0.05, 0.1) is 13.2 Å². The second-order valence-corrected chi connectivity index (χ2v) is 6.94. The Morgan fingerprint density at radius 2 is 2.05 bits per heavy atom. The van der Waals surface area contributed by atoms with Crippen LogP contribution in [0.2, 0.25) is 0 Å². The number of hydrogen-bond donors (Lipinski definition) is 0. The van der Waals surface area contributed by atoms with E-state index in [-0.39, 0.29) is 5.41 Å². The number of nitrogens with zero attached hydrogens (tertiary/aromatic N) is 2. The highest BCUT2D eigenvalue weighted by atomic mass is 32.1. The zero-order chi connectivity index (χ0) is 15.5. The molecule has 114 valence electrons. The molecule has 1 aromatic heterocycles. The van der Waals surface area contributed by atoms with Crippen LogP contribution in [0.3, 0.4) is 0 Å². The molecule has 0 bridgehead atoms. The summed E-state index contributed by atoms with van der Waals surface area (Å²) in [6.45, 7) is 4.39. The topological polar surface area (TPSA) is 63.0 Å². The fraction of sp³-hybridized carbons (Fsp3) is 0.688. The molecular weight excluding hydrogens is 284 g/mol. The summed E-state index contributed by atoms with van der Waals surface area (Å²) >= 11 is 1.40. The Morgan fingerprint density at radius 3 is 2.52 bits per heavy atom. The molecule has 0 radical (unpaired) electrons. The van der Waals surface area contributed by atoms with E-state index in [1.807, 2.05) is 0 Å². The van der Waals surface area contributed by atoms with Crippen LogP contribution in [0.1, 0.15) is 67.9 Å². The van der Waals surface area contributed by atoms with Gasteiger partial charge in [-0.1, -0.05) is 26.7 Å². The second kappa shape index (κ2) is 6.15. The van der Waals surface area contributed by atoms with Crippen molar-refractivity contribution in [2.24, 2.45) is 5.41 Å². The van der Waals surface area contributed by atoms with Crippen molar-refractivity contribution in [2.45, 2.75) is 57.8 Å². The number of methoxy groups -OCH3 is 1. The number of aromatic nitrogens is 1. The minimum Gasteiger partial charge on any atom is -0.464 e. The molecule has 1 aliphatic carbocycles. The summed E-state index contributed by atoms with van der Waals surface area (Å²) < 4.78 is 4.69. The first-order valence-corrected chi connectivity index (χ1v) is 8.38. The predicted molar refractivity (Wildman–Crippen MR) is 82.2 cm³/mol. The Labute approximate surface area is 130 Å². The molecule has 0 N–H and O–H groups in total. The molecule has 0 amide bonds. The van der Waals surface area contributed by atoms with E-state index in [1.54, 1.807) is 5.38 Å². The monoisotopic (exact) mass is 306 g/mol. The maximum atomic E-state index is 11.5. The summed E-state index contributed by atoms with van der Waals surface area (Å²) in [5, 5.41) is 12.1. The van der Waals surface area contributed by atoms with E-state index < -0.39 is 11.4 Å². The van der Waals surface area contributed by atoms with Crippen LogP contribution < -0.4 is 0 Å². The van der Waals surface area contributed by atoms with Crippen LogP contribution in [0.25, 0.3) is 0 Å². The molecule has 1 fully saturated rings. The smallest absolute Gasteiger partial charge is 0.357 e. The second-order valence-electron chi connectivity index (χ2n) is 6.08. The lowest BCUT2D eigenvalue weighted by Crippen LogP contribution is -2.48. The number of esters is 1. The van der Waals surface area contributed by atoms with Gasteiger partial charge in [-0.2, -0.15) is 5.26 Å². The summed E-state index contributed by atoms with van der Waals surface area (Å²) in [5.74, 6) is -0.432. The van der Waals surface area contributed by atoms with Gasteiger partial charge in [-0.3, -0.25) is 0 Å². The van der Waals surface area contributed by atoms with Crippen LogP contribution in [0.15, 0.2) is 5.38 Å². The minimum absolute atomic E-state index is 0.288. The Bertz CT molecular complexity index is 545. The molecule has 21 heavy (non-hydrogen) atoms. The molecule has 1 aromatic rings. The van der Waals surface area contributed by atoms with Gasteiger partial charge in [0, 0.05) is 5.38 Å². The van der Waals surface area contributed by atoms with Crippen molar-refractivity contribution in [3.8, 4) is 6.07 Å². The van der Waals surface area contributed by atoms with Gasteiger partial charge in [0.15, 0.2) is 5.69 Å². The number of carbonyl (C=O) groups excluding carboxylic acids is 1. The number of nitriles is 1. The Hall–Kier alpha value is -1.41. The van der Waals surface area contributed by atoms with E-state index in [2.05, 4.69) is 29.6 Å². The molecule has 0 aromatic carbocycles. The van der Waals surface area contributed by atoms with Gasteiger partial charge < -0.3 is 4.74 Å². The largest absolute Gasteiger partial charge is 0.464 e.